The summed E-state index contributed by atoms with van der Waals surface area (Å²) in [5, 5.41) is 9.08. The van der Waals surface area contributed by atoms with E-state index < -0.39 is 34.4 Å². The highest BCUT2D eigenvalue weighted by molar-refractivity contribution is 5.92. The summed E-state index contributed by atoms with van der Waals surface area (Å²) < 4.78 is 43.9. The third-order valence-corrected chi connectivity index (χ3v) is 6.17. The molecule has 5 rings (SSSR count). The zero-order valence-electron chi connectivity index (χ0n) is 16.1. The summed E-state index contributed by atoms with van der Waals surface area (Å²) in [6.45, 7) is 1.02. The van der Waals surface area contributed by atoms with Crippen LogP contribution in [0.25, 0.3) is 16.7 Å². The molecular weight excluding hydrogens is 413 g/mol. The molecule has 1 saturated carbocycles. The van der Waals surface area contributed by atoms with Crippen LogP contribution < -0.4 is 16.1 Å². The van der Waals surface area contributed by atoms with Crippen LogP contribution in [0.4, 0.5) is 19.0 Å². The summed E-state index contributed by atoms with van der Waals surface area (Å²) in [5.74, 6) is -3.54. The maximum absolute atomic E-state index is 15.0. The SMILES string of the molecule is NC1C2CCN(c3nc4c(cc3F)c(=O)c(C(=O)O)cn4-c3ccc(F)cc3F)CC12. The second kappa shape index (κ2) is 6.81. The summed E-state index contributed by atoms with van der Waals surface area (Å²) in [6, 6.07) is 3.71. The first kappa shape index (κ1) is 19.6. The molecule has 0 spiro atoms. The number of hydrogen-bond donors (Lipinski definition) is 2. The molecule has 0 amide bonds. The largest absolute Gasteiger partial charge is 0.477 e. The van der Waals surface area contributed by atoms with Crippen molar-refractivity contribution in [2.75, 3.05) is 18.0 Å². The van der Waals surface area contributed by atoms with Crippen molar-refractivity contribution < 1.29 is 23.1 Å². The predicted molar refractivity (Wildman–Crippen MR) is 106 cm³/mol. The molecule has 10 heteroatoms. The highest BCUT2D eigenvalue weighted by Gasteiger charge is 2.50. The number of piperidine rings is 1. The number of nitrogens with two attached hydrogens (primary N) is 1. The molecule has 3 atom stereocenters. The van der Waals surface area contributed by atoms with Gasteiger partial charge >= 0.3 is 5.97 Å². The van der Waals surface area contributed by atoms with E-state index in [4.69, 9.17) is 5.73 Å². The number of halogens is 3. The minimum Gasteiger partial charge on any atom is -0.477 e. The average Bonchev–Trinajstić information content (AvgIpc) is 3.37. The van der Waals surface area contributed by atoms with E-state index in [9.17, 15) is 27.9 Å². The molecule has 2 aromatic heterocycles. The molecule has 160 valence electrons. The number of pyridine rings is 2. The van der Waals surface area contributed by atoms with Gasteiger partial charge in [0, 0.05) is 31.4 Å². The van der Waals surface area contributed by atoms with Crippen LogP contribution in [0.1, 0.15) is 16.8 Å². The Labute approximate surface area is 173 Å². The Kier molecular flexibility index (Phi) is 4.30. The van der Waals surface area contributed by atoms with E-state index in [-0.39, 0.29) is 34.5 Å². The molecule has 3 N–H and O–H groups in total. The molecule has 2 fully saturated rings. The first-order valence-corrected chi connectivity index (χ1v) is 9.71. The van der Waals surface area contributed by atoms with Gasteiger partial charge in [-0.25, -0.2) is 22.9 Å². The maximum Gasteiger partial charge on any atom is 0.341 e. The van der Waals surface area contributed by atoms with E-state index in [0.29, 0.717) is 25.1 Å². The second-order valence-electron chi connectivity index (χ2n) is 7.95. The van der Waals surface area contributed by atoms with Crippen LogP contribution in [0.2, 0.25) is 0 Å². The van der Waals surface area contributed by atoms with Crippen LogP contribution in [-0.4, -0.2) is 39.8 Å². The Morgan fingerprint density at radius 3 is 2.61 bits per heavy atom. The quantitative estimate of drug-likeness (QED) is 0.661. The second-order valence-corrected chi connectivity index (χ2v) is 7.95. The molecule has 1 aliphatic carbocycles. The van der Waals surface area contributed by atoms with Gasteiger partial charge in [0.25, 0.3) is 0 Å². The third-order valence-electron chi connectivity index (χ3n) is 6.17. The lowest BCUT2D eigenvalue weighted by atomic mass is 10.1. The minimum atomic E-state index is -1.56. The Balaban J connectivity index is 1.75. The molecular formula is C21H17F3N4O3. The topological polar surface area (TPSA) is 101 Å². The van der Waals surface area contributed by atoms with Crippen LogP contribution in [0.15, 0.2) is 35.3 Å². The van der Waals surface area contributed by atoms with Crippen molar-refractivity contribution >= 4 is 22.8 Å². The molecule has 3 unspecified atom stereocenters. The number of rotatable bonds is 3. The van der Waals surface area contributed by atoms with Gasteiger partial charge in [0.05, 0.1) is 11.1 Å². The lowest BCUT2D eigenvalue weighted by molar-refractivity contribution is 0.0695. The highest BCUT2D eigenvalue weighted by Crippen LogP contribution is 2.44. The Morgan fingerprint density at radius 2 is 1.94 bits per heavy atom. The standard InChI is InChI=1S/C21H17F3N4O3/c22-9-1-2-16(14(23)5-9)28-8-13(21(30)31)18(29)11-6-15(24)20(26-19(11)28)27-4-3-10-12(7-27)17(10)25/h1-2,5-6,8,10,12,17H,3-4,7,25H2,(H,30,31). The number of nitrogens with zero attached hydrogens (tertiary/aromatic N) is 3. The number of aromatic carboxylic acids is 1. The minimum absolute atomic E-state index is 0.0243. The third kappa shape index (κ3) is 3.05. The van der Waals surface area contributed by atoms with E-state index in [1.165, 1.54) is 0 Å². The van der Waals surface area contributed by atoms with Crippen LogP contribution in [-0.2, 0) is 0 Å². The Bertz CT molecular complexity index is 1310. The summed E-state index contributed by atoms with van der Waals surface area (Å²) in [7, 11) is 0. The predicted octanol–water partition coefficient (Wildman–Crippen LogP) is 2.28. The number of carboxylic acid groups (broad SMARTS) is 1. The monoisotopic (exact) mass is 430 g/mol. The molecule has 0 bridgehead atoms. The van der Waals surface area contributed by atoms with Crippen molar-refractivity contribution in [3.05, 3.63) is 63.7 Å². The molecule has 3 heterocycles. The van der Waals surface area contributed by atoms with Crippen LogP contribution in [0.3, 0.4) is 0 Å². The molecule has 7 nitrogen and oxygen atoms in total. The number of fused-ring (bicyclic) bond motifs is 2. The van der Waals surface area contributed by atoms with Gasteiger partial charge in [-0.3, -0.25) is 9.36 Å². The molecule has 1 saturated heterocycles. The van der Waals surface area contributed by atoms with E-state index in [1.807, 2.05) is 0 Å². The maximum atomic E-state index is 15.0. The summed E-state index contributed by atoms with van der Waals surface area (Å²) in [6.07, 6.45) is 1.70. The molecule has 31 heavy (non-hydrogen) atoms. The van der Waals surface area contributed by atoms with Gasteiger partial charge in [0.2, 0.25) is 5.43 Å². The van der Waals surface area contributed by atoms with Gasteiger partial charge in [-0.05, 0) is 36.5 Å². The van der Waals surface area contributed by atoms with E-state index >= 15 is 0 Å². The number of anilines is 1. The van der Waals surface area contributed by atoms with Crippen LogP contribution in [0.5, 0.6) is 0 Å². The van der Waals surface area contributed by atoms with Crippen LogP contribution >= 0.6 is 0 Å². The van der Waals surface area contributed by atoms with Gasteiger partial charge in [-0.15, -0.1) is 0 Å². The van der Waals surface area contributed by atoms with Gasteiger partial charge in [0.1, 0.15) is 17.2 Å². The lowest BCUT2D eigenvalue weighted by Gasteiger charge is -2.28. The summed E-state index contributed by atoms with van der Waals surface area (Å²) in [4.78, 5) is 30.2. The van der Waals surface area contributed by atoms with Gasteiger partial charge in [-0.1, -0.05) is 0 Å². The number of benzene rings is 1. The van der Waals surface area contributed by atoms with Crippen molar-refractivity contribution in [2.24, 2.45) is 17.6 Å². The zero-order valence-corrected chi connectivity index (χ0v) is 16.1. The fourth-order valence-electron chi connectivity index (χ4n) is 4.43. The van der Waals surface area contributed by atoms with E-state index in [2.05, 4.69) is 4.98 Å². The van der Waals surface area contributed by atoms with Crippen molar-refractivity contribution in [1.82, 2.24) is 9.55 Å². The van der Waals surface area contributed by atoms with Gasteiger partial charge in [0.15, 0.2) is 17.3 Å². The average molecular weight is 430 g/mol. The fraction of sp³-hybridized carbons (Fsp3) is 0.286. The van der Waals surface area contributed by atoms with Crippen molar-refractivity contribution in [3.63, 3.8) is 0 Å². The fourth-order valence-corrected chi connectivity index (χ4v) is 4.43. The van der Waals surface area contributed by atoms with Crippen molar-refractivity contribution in [1.29, 1.82) is 0 Å². The molecule has 1 aliphatic heterocycles. The highest BCUT2D eigenvalue weighted by atomic mass is 19.1. The molecule has 3 aromatic rings. The lowest BCUT2D eigenvalue weighted by Crippen LogP contribution is -2.33. The number of hydrogen-bond acceptors (Lipinski definition) is 5. The smallest absolute Gasteiger partial charge is 0.341 e. The molecule has 1 aromatic carbocycles. The summed E-state index contributed by atoms with van der Waals surface area (Å²) in [5.41, 5.74) is 4.05. The Morgan fingerprint density at radius 1 is 1.16 bits per heavy atom. The normalized spacial score (nSPS) is 22.5. The molecule has 0 radical (unpaired) electrons. The first-order valence-electron chi connectivity index (χ1n) is 9.71. The summed E-state index contributed by atoms with van der Waals surface area (Å²) >= 11 is 0. The number of carbonyl (C=O) groups is 1. The van der Waals surface area contributed by atoms with Gasteiger partial charge in [-0.2, -0.15) is 0 Å². The van der Waals surface area contributed by atoms with Crippen LogP contribution in [0, 0.1) is 29.3 Å². The number of carboxylic acids is 1. The van der Waals surface area contributed by atoms with Crippen molar-refractivity contribution in [2.45, 2.75) is 12.5 Å². The van der Waals surface area contributed by atoms with E-state index in [0.717, 1.165) is 35.4 Å². The Hall–Kier alpha value is -3.40. The number of aromatic nitrogens is 2. The first-order chi connectivity index (χ1) is 14.8. The zero-order chi connectivity index (χ0) is 22.0. The van der Waals surface area contributed by atoms with Gasteiger partial charge < -0.3 is 15.7 Å². The van der Waals surface area contributed by atoms with E-state index in [1.54, 1.807) is 4.90 Å². The van der Waals surface area contributed by atoms with Crippen molar-refractivity contribution in [3.8, 4) is 5.69 Å². The molecule has 2 aliphatic rings.